The first-order valence-corrected chi connectivity index (χ1v) is 5.70. The van der Waals surface area contributed by atoms with E-state index in [1.807, 2.05) is 0 Å². The summed E-state index contributed by atoms with van der Waals surface area (Å²) in [6.45, 7) is -0.387. The van der Waals surface area contributed by atoms with Crippen molar-refractivity contribution in [1.82, 2.24) is 19.5 Å². The molecule has 7 nitrogen and oxygen atoms in total. The highest BCUT2D eigenvalue weighted by Gasteiger charge is 2.37. The van der Waals surface area contributed by atoms with E-state index in [1.165, 1.54) is 23.3 Å². The lowest BCUT2D eigenvalue weighted by Gasteiger charge is -2.16. The quantitative estimate of drug-likeness (QED) is 0.636. The smallest absolute Gasteiger partial charge is 0.166 e. The molecule has 1 unspecified atom stereocenters. The van der Waals surface area contributed by atoms with Crippen molar-refractivity contribution in [2.75, 3.05) is 12.3 Å². The fraction of sp³-hybridized carbons (Fsp3) is 0.364. The molecule has 2 aromatic rings. The van der Waals surface area contributed by atoms with Crippen LogP contribution in [0.2, 0.25) is 0 Å². The van der Waals surface area contributed by atoms with Gasteiger partial charge in [-0.3, -0.25) is 0 Å². The van der Waals surface area contributed by atoms with Crippen LogP contribution in [0.15, 0.2) is 24.3 Å². The minimum absolute atomic E-state index is 0.212. The van der Waals surface area contributed by atoms with Crippen LogP contribution in [-0.2, 0) is 0 Å². The van der Waals surface area contributed by atoms with Gasteiger partial charge in [0.25, 0.3) is 0 Å². The minimum Gasteiger partial charge on any atom is -0.392 e. The number of imidazole rings is 1. The third-order valence-electron chi connectivity index (χ3n) is 3.28. The molecule has 0 spiro atoms. The molecule has 8 heteroatoms. The van der Waals surface area contributed by atoms with Gasteiger partial charge < -0.3 is 20.5 Å². The first-order valence-electron chi connectivity index (χ1n) is 5.70. The number of anilines is 1. The van der Waals surface area contributed by atoms with Crippen molar-refractivity contribution >= 4 is 17.0 Å². The summed E-state index contributed by atoms with van der Waals surface area (Å²) in [5.74, 6) is 0.212. The Kier molecular flexibility index (Phi) is 2.68. The van der Waals surface area contributed by atoms with Gasteiger partial charge in [-0.1, -0.05) is 6.08 Å². The number of aliphatic hydroxyl groups is 2. The van der Waals surface area contributed by atoms with Crippen LogP contribution in [-0.4, -0.2) is 48.6 Å². The highest BCUT2D eigenvalue weighted by Crippen LogP contribution is 2.33. The summed E-state index contributed by atoms with van der Waals surface area (Å²) in [7, 11) is 0. The lowest BCUT2D eigenvalue weighted by Crippen LogP contribution is -2.26. The number of rotatable bonds is 2. The number of hydrogen-bond donors (Lipinski definition) is 3. The predicted molar refractivity (Wildman–Crippen MR) is 64.8 cm³/mol. The molecule has 3 rings (SSSR count). The molecule has 1 aliphatic carbocycles. The molecule has 2 heterocycles. The minimum atomic E-state index is -1.56. The summed E-state index contributed by atoms with van der Waals surface area (Å²) < 4.78 is 15.6. The van der Waals surface area contributed by atoms with E-state index in [-0.39, 0.29) is 18.0 Å². The van der Waals surface area contributed by atoms with Crippen LogP contribution in [0, 0.1) is 0 Å². The highest BCUT2D eigenvalue weighted by atomic mass is 19.1. The van der Waals surface area contributed by atoms with Crippen LogP contribution in [0.1, 0.15) is 6.04 Å². The van der Waals surface area contributed by atoms with Crippen LogP contribution >= 0.6 is 0 Å². The van der Waals surface area contributed by atoms with E-state index in [0.29, 0.717) is 11.2 Å². The predicted octanol–water partition coefficient (Wildman–Crippen LogP) is -0.419. The number of allylic oxidation sites excluding steroid dienone is 1. The molecular formula is C11H12FN5O2. The number of hydrogen-bond acceptors (Lipinski definition) is 6. The molecule has 0 aromatic carbocycles. The molecular weight excluding hydrogens is 253 g/mol. The molecule has 0 fully saturated rings. The fourth-order valence-corrected chi connectivity index (χ4v) is 2.27. The number of nitrogens with two attached hydrogens (primary N) is 1. The highest BCUT2D eigenvalue weighted by molar-refractivity contribution is 5.81. The van der Waals surface area contributed by atoms with Gasteiger partial charge in [0.05, 0.1) is 19.0 Å². The topological polar surface area (TPSA) is 110 Å². The van der Waals surface area contributed by atoms with Crippen LogP contribution in [0.5, 0.6) is 0 Å². The van der Waals surface area contributed by atoms with Crippen LogP contribution in [0.3, 0.4) is 0 Å². The Morgan fingerprint density at radius 2 is 2.16 bits per heavy atom. The van der Waals surface area contributed by atoms with E-state index in [9.17, 15) is 9.50 Å². The van der Waals surface area contributed by atoms with Crippen molar-refractivity contribution in [3.63, 3.8) is 0 Å². The lowest BCUT2D eigenvalue weighted by molar-refractivity contribution is 0.0916. The maximum Gasteiger partial charge on any atom is 0.166 e. The molecule has 0 saturated carbocycles. The molecule has 2 aromatic heterocycles. The zero-order valence-electron chi connectivity index (χ0n) is 9.81. The van der Waals surface area contributed by atoms with E-state index >= 15 is 0 Å². The van der Waals surface area contributed by atoms with Gasteiger partial charge >= 0.3 is 0 Å². The molecule has 0 aliphatic heterocycles. The summed E-state index contributed by atoms with van der Waals surface area (Å²) in [5.41, 5.74) is 6.69. The van der Waals surface area contributed by atoms with Crippen molar-refractivity contribution in [2.24, 2.45) is 0 Å². The first kappa shape index (κ1) is 12.0. The van der Waals surface area contributed by atoms with E-state index in [4.69, 9.17) is 10.8 Å². The number of nitrogen functional groups attached to an aromatic ring is 1. The van der Waals surface area contributed by atoms with E-state index in [0.717, 1.165) is 0 Å². The fourth-order valence-electron chi connectivity index (χ4n) is 2.27. The van der Waals surface area contributed by atoms with Gasteiger partial charge in [-0.05, 0) is 5.57 Å². The second-order valence-electron chi connectivity index (χ2n) is 4.36. The Bertz CT molecular complexity index is 656. The maximum absolute atomic E-state index is 14.1. The second kappa shape index (κ2) is 4.25. The molecule has 0 radical (unpaired) electrons. The van der Waals surface area contributed by atoms with Crippen molar-refractivity contribution in [1.29, 1.82) is 0 Å². The van der Waals surface area contributed by atoms with Crippen molar-refractivity contribution < 1.29 is 14.6 Å². The van der Waals surface area contributed by atoms with Gasteiger partial charge in [-0.25, -0.2) is 19.3 Å². The number of aromatic nitrogens is 4. The summed E-state index contributed by atoms with van der Waals surface area (Å²) in [4.78, 5) is 11.9. The SMILES string of the molecule is Nc1ncnc2c1ncn2[C@@H]1C=C(CO)[C@H](O)C1F. The number of alkyl halides is 1. The van der Waals surface area contributed by atoms with Crippen molar-refractivity contribution in [2.45, 2.75) is 18.3 Å². The first-order chi connectivity index (χ1) is 9.13. The zero-order chi connectivity index (χ0) is 13.6. The van der Waals surface area contributed by atoms with Crippen molar-refractivity contribution in [3.8, 4) is 0 Å². The van der Waals surface area contributed by atoms with E-state index in [2.05, 4.69) is 15.0 Å². The molecule has 3 atom stereocenters. The maximum atomic E-state index is 14.1. The third kappa shape index (κ3) is 1.68. The summed E-state index contributed by atoms with van der Waals surface area (Å²) in [6, 6.07) is -0.767. The molecule has 0 saturated heterocycles. The number of nitrogens with zero attached hydrogens (tertiary/aromatic N) is 4. The Hall–Kier alpha value is -2.06. The molecule has 0 bridgehead atoms. The Morgan fingerprint density at radius 3 is 2.84 bits per heavy atom. The average Bonchev–Trinajstić information content (AvgIpc) is 2.94. The van der Waals surface area contributed by atoms with Gasteiger partial charge in [-0.2, -0.15) is 0 Å². The molecule has 4 N–H and O–H groups in total. The Balaban J connectivity index is 2.11. The lowest BCUT2D eigenvalue weighted by atomic mass is 10.1. The number of fused-ring (bicyclic) bond motifs is 1. The summed E-state index contributed by atoms with van der Waals surface area (Å²) in [6.07, 6.45) is 1.28. The zero-order valence-corrected chi connectivity index (χ0v) is 9.81. The molecule has 19 heavy (non-hydrogen) atoms. The van der Waals surface area contributed by atoms with Gasteiger partial charge in [0.1, 0.15) is 17.9 Å². The summed E-state index contributed by atoms with van der Waals surface area (Å²) in [5, 5.41) is 18.7. The molecule has 100 valence electrons. The van der Waals surface area contributed by atoms with E-state index < -0.39 is 18.3 Å². The molecule has 0 amide bonds. The summed E-state index contributed by atoms with van der Waals surface area (Å²) >= 11 is 0. The second-order valence-corrected chi connectivity index (χ2v) is 4.36. The van der Waals surface area contributed by atoms with Crippen molar-refractivity contribution in [3.05, 3.63) is 24.3 Å². The standard InChI is InChI=1S/C11H12FN5O2/c12-7-6(1-5(2-18)9(7)19)17-4-16-8-10(13)14-3-15-11(8)17/h1,3-4,6-7,9,18-19H,2H2,(H2,13,14,15)/t6-,7?,9+/m1/s1. The average molecular weight is 265 g/mol. The van der Waals surface area contributed by atoms with E-state index in [1.54, 1.807) is 0 Å². The van der Waals surface area contributed by atoms with Crippen LogP contribution in [0.4, 0.5) is 10.2 Å². The monoisotopic (exact) mass is 265 g/mol. The van der Waals surface area contributed by atoms with Gasteiger partial charge in [0.15, 0.2) is 17.6 Å². The Labute approximate surface area is 107 Å². The van der Waals surface area contributed by atoms with Crippen LogP contribution < -0.4 is 5.73 Å². The van der Waals surface area contributed by atoms with Gasteiger partial charge in [-0.15, -0.1) is 0 Å². The third-order valence-corrected chi connectivity index (χ3v) is 3.28. The van der Waals surface area contributed by atoms with Crippen LogP contribution in [0.25, 0.3) is 11.2 Å². The largest absolute Gasteiger partial charge is 0.392 e. The molecule has 1 aliphatic rings. The number of halogens is 1. The normalized spacial score (nSPS) is 26.9. The van der Waals surface area contributed by atoms with Gasteiger partial charge in [0.2, 0.25) is 0 Å². The Morgan fingerprint density at radius 1 is 1.37 bits per heavy atom. The van der Waals surface area contributed by atoms with Gasteiger partial charge in [0, 0.05) is 0 Å². The number of aliphatic hydroxyl groups excluding tert-OH is 2.